The molecule has 1 aromatic carbocycles. The molecule has 2 aliphatic rings. The third-order valence-electron chi connectivity index (χ3n) is 6.24. The summed E-state index contributed by atoms with van der Waals surface area (Å²) < 4.78 is 28.3. The number of nitrogens with zero attached hydrogens (tertiary/aromatic N) is 2. The molecule has 3 atom stereocenters. The van der Waals surface area contributed by atoms with Crippen LogP contribution in [0.2, 0.25) is 0 Å². The van der Waals surface area contributed by atoms with Gasteiger partial charge in [-0.25, -0.2) is 8.42 Å². The largest absolute Gasteiger partial charge is 0.356 e. The molecule has 1 N–H and O–H groups in total. The van der Waals surface area contributed by atoms with Crippen LogP contribution in [0.1, 0.15) is 58.9 Å². The van der Waals surface area contributed by atoms with Crippen LogP contribution >= 0.6 is 0 Å². The van der Waals surface area contributed by atoms with E-state index in [0.29, 0.717) is 25.8 Å². The molecule has 1 aromatic rings. The van der Waals surface area contributed by atoms with Crippen LogP contribution in [0.25, 0.3) is 0 Å². The molecule has 0 spiro atoms. The van der Waals surface area contributed by atoms with E-state index in [1.165, 1.54) is 11.2 Å². The van der Waals surface area contributed by atoms with Crippen LogP contribution < -0.4 is 10.2 Å². The van der Waals surface area contributed by atoms with Gasteiger partial charge in [0.15, 0.2) is 0 Å². The zero-order valence-electron chi connectivity index (χ0n) is 18.3. The van der Waals surface area contributed by atoms with Crippen molar-refractivity contribution in [3.63, 3.8) is 0 Å². The number of benzene rings is 1. The Labute approximate surface area is 179 Å². The normalized spacial score (nSPS) is 24.5. The van der Waals surface area contributed by atoms with Gasteiger partial charge in [-0.05, 0) is 63.3 Å². The lowest BCUT2D eigenvalue weighted by molar-refractivity contribution is -0.126. The Morgan fingerprint density at radius 2 is 1.90 bits per heavy atom. The van der Waals surface area contributed by atoms with Gasteiger partial charge in [-0.15, -0.1) is 0 Å². The number of hydrogen-bond acceptors (Lipinski definition) is 4. The minimum absolute atomic E-state index is 0.0144. The van der Waals surface area contributed by atoms with E-state index in [1.54, 1.807) is 23.1 Å². The van der Waals surface area contributed by atoms with E-state index in [1.807, 2.05) is 13.8 Å². The Balaban J connectivity index is 1.81. The molecular weight excluding hydrogens is 402 g/mol. The van der Waals surface area contributed by atoms with Crippen molar-refractivity contribution < 1.29 is 18.0 Å². The summed E-state index contributed by atoms with van der Waals surface area (Å²) in [6.07, 6.45) is 3.91. The van der Waals surface area contributed by atoms with Crippen LogP contribution in [0.15, 0.2) is 23.1 Å². The number of unbranched alkanes of at least 4 members (excludes halogenated alkanes) is 1. The molecule has 3 unspecified atom stereocenters. The van der Waals surface area contributed by atoms with Crippen molar-refractivity contribution in [3.8, 4) is 0 Å². The summed E-state index contributed by atoms with van der Waals surface area (Å²) in [6.45, 7) is 8.28. The Morgan fingerprint density at radius 3 is 2.57 bits per heavy atom. The highest BCUT2D eigenvalue weighted by atomic mass is 32.2. The third-order valence-corrected chi connectivity index (χ3v) is 8.21. The predicted octanol–water partition coefficient (Wildman–Crippen LogP) is 2.69. The summed E-state index contributed by atoms with van der Waals surface area (Å²) in [6, 6.07) is 4.87. The van der Waals surface area contributed by atoms with Gasteiger partial charge in [-0.1, -0.05) is 13.3 Å². The smallest absolute Gasteiger partial charge is 0.243 e. The maximum atomic E-state index is 13.4. The van der Waals surface area contributed by atoms with E-state index in [9.17, 15) is 18.0 Å². The molecule has 7 nitrogen and oxygen atoms in total. The summed E-state index contributed by atoms with van der Waals surface area (Å²) in [4.78, 5) is 26.4. The quantitative estimate of drug-likeness (QED) is 0.696. The first-order chi connectivity index (χ1) is 14.2. The summed E-state index contributed by atoms with van der Waals surface area (Å²) in [5.74, 6) is -0.427. The van der Waals surface area contributed by atoms with Gasteiger partial charge in [-0.3, -0.25) is 9.59 Å². The van der Waals surface area contributed by atoms with Crippen molar-refractivity contribution in [1.82, 2.24) is 9.62 Å². The second kappa shape index (κ2) is 9.06. The molecule has 2 heterocycles. The zero-order chi connectivity index (χ0) is 22.1. The van der Waals surface area contributed by atoms with Crippen LogP contribution in [0, 0.1) is 5.92 Å². The lowest BCUT2D eigenvalue weighted by Gasteiger charge is -2.36. The second-order valence-corrected chi connectivity index (χ2v) is 10.5. The Morgan fingerprint density at radius 1 is 1.17 bits per heavy atom. The summed E-state index contributed by atoms with van der Waals surface area (Å²) in [7, 11) is -3.73. The summed E-state index contributed by atoms with van der Waals surface area (Å²) in [5, 5.41) is 2.94. The predicted molar refractivity (Wildman–Crippen MR) is 117 cm³/mol. The van der Waals surface area contributed by atoms with Crippen molar-refractivity contribution in [3.05, 3.63) is 23.8 Å². The van der Waals surface area contributed by atoms with E-state index in [-0.39, 0.29) is 41.3 Å². The fourth-order valence-corrected chi connectivity index (χ4v) is 6.30. The van der Waals surface area contributed by atoms with Crippen molar-refractivity contribution in [1.29, 1.82) is 0 Å². The number of sulfonamides is 1. The number of hydrogen-bond donors (Lipinski definition) is 1. The molecule has 2 aliphatic heterocycles. The summed E-state index contributed by atoms with van der Waals surface area (Å²) >= 11 is 0. The van der Waals surface area contributed by atoms with Crippen LogP contribution in [-0.2, 0) is 26.0 Å². The molecule has 0 saturated carbocycles. The SMILES string of the molecule is CCCCNC(=O)C1CCC(C)N(S(=O)(=O)c2ccc3c(c2)CC(C)N3C(C)=O)C1. The fourth-order valence-electron chi connectivity index (χ4n) is 4.54. The van der Waals surface area contributed by atoms with Crippen molar-refractivity contribution in [2.75, 3.05) is 18.0 Å². The Bertz CT molecular complexity index is 915. The van der Waals surface area contributed by atoms with Crippen molar-refractivity contribution >= 4 is 27.5 Å². The third kappa shape index (κ3) is 4.39. The molecule has 2 amide bonds. The molecule has 1 fully saturated rings. The number of fused-ring (bicyclic) bond motifs is 1. The van der Waals surface area contributed by atoms with E-state index in [2.05, 4.69) is 12.2 Å². The fraction of sp³-hybridized carbons (Fsp3) is 0.636. The van der Waals surface area contributed by atoms with Gasteiger partial charge >= 0.3 is 0 Å². The molecule has 3 rings (SSSR count). The van der Waals surface area contributed by atoms with Gasteiger partial charge in [0.25, 0.3) is 0 Å². The number of rotatable bonds is 6. The number of carbonyl (C=O) groups is 2. The number of piperidine rings is 1. The molecule has 1 saturated heterocycles. The molecule has 8 heteroatoms. The van der Waals surface area contributed by atoms with Gasteiger partial charge in [0.1, 0.15) is 0 Å². The second-order valence-electron chi connectivity index (χ2n) is 8.58. The average molecular weight is 436 g/mol. The van der Waals surface area contributed by atoms with Crippen LogP contribution in [0.4, 0.5) is 5.69 Å². The Hall–Kier alpha value is -1.93. The van der Waals surface area contributed by atoms with Crippen molar-refractivity contribution in [2.45, 2.75) is 76.8 Å². The molecule has 0 aromatic heterocycles. The first-order valence-corrected chi connectivity index (χ1v) is 12.3. The van der Waals surface area contributed by atoms with Gasteiger partial charge in [0.05, 0.1) is 10.8 Å². The minimum atomic E-state index is -3.73. The highest BCUT2D eigenvalue weighted by Gasteiger charge is 2.38. The van der Waals surface area contributed by atoms with E-state index in [4.69, 9.17) is 0 Å². The van der Waals surface area contributed by atoms with E-state index < -0.39 is 10.0 Å². The topological polar surface area (TPSA) is 86.8 Å². The number of nitrogens with one attached hydrogen (secondary N) is 1. The Kier molecular flexibility index (Phi) is 6.87. The first-order valence-electron chi connectivity index (χ1n) is 10.9. The molecule has 0 bridgehead atoms. The van der Waals surface area contributed by atoms with E-state index >= 15 is 0 Å². The van der Waals surface area contributed by atoms with Gasteiger partial charge in [0, 0.05) is 37.8 Å². The molecule has 166 valence electrons. The monoisotopic (exact) mass is 435 g/mol. The number of anilines is 1. The average Bonchev–Trinajstić information content (AvgIpc) is 3.03. The van der Waals surface area contributed by atoms with E-state index in [0.717, 1.165) is 24.1 Å². The van der Waals surface area contributed by atoms with Crippen LogP contribution in [0.5, 0.6) is 0 Å². The minimum Gasteiger partial charge on any atom is -0.356 e. The van der Waals surface area contributed by atoms with Gasteiger partial charge in [-0.2, -0.15) is 4.31 Å². The molecular formula is C22H33N3O4S. The highest BCUT2D eigenvalue weighted by Crippen LogP contribution is 2.36. The molecule has 30 heavy (non-hydrogen) atoms. The number of amides is 2. The van der Waals surface area contributed by atoms with Gasteiger partial charge in [0.2, 0.25) is 21.8 Å². The maximum absolute atomic E-state index is 13.4. The van der Waals surface area contributed by atoms with Crippen LogP contribution in [-0.4, -0.2) is 49.7 Å². The van der Waals surface area contributed by atoms with Crippen LogP contribution in [0.3, 0.4) is 0 Å². The highest BCUT2D eigenvalue weighted by molar-refractivity contribution is 7.89. The molecule has 0 radical (unpaired) electrons. The first kappa shape index (κ1) is 22.7. The zero-order valence-corrected chi connectivity index (χ0v) is 19.2. The van der Waals surface area contributed by atoms with Gasteiger partial charge < -0.3 is 10.2 Å². The lowest BCUT2D eigenvalue weighted by atomic mass is 9.94. The number of carbonyl (C=O) groups excluding carboxylic acids is 2. The molecule has 0 aliphatic carbocycles. The summed E-state index contributed by atoms with van der Waals surface area (Å²) in [5.41, 5.74) is 1.66. The lowest BCUT2D eigenvalue weighted by Crippen LogP contribution is -2.49. The standard InChI is InChI=1S/C22H33N3O4S/c1-5-6-11-23-22(27)18-8-7-15(2)24(14-18)30(28,29)20-9-10-21-19(13-20)12-16(3)25(21)17(4)26/h9-10,13,15-16,18H,5-8,11-12,14H2,1-4H3,(H,23,27). The van der Waals surface area contributed by atoms with Crippen molar-refractivity contribution in [2.24, 2.45) is 5.92 Å². The maximum Gasteiger partial charge on any atom is 0.243 e.